The van der Waals surface area contributed by atoms with E-state index in [9.17, 15) is 9.90 Å². The molecule has 0 unspecified atom stereocenters. The average molecular weight is 318 g/mol. The van der Waals surface area contributed by atoms with Gasteiger partial charge in [-0.05, 0) is 35.9 Å². The molecule has 1 aliphatic rings. The summed E-state index contributed by atoms with van der Waals surface area (Å²) in [7, 11) is 0. The summed E-state index contributed by atoms with van der Waals surface area (Å²) in [5.41, 5.74) is 1.23. The predicted molar refractivity (Wildman–Crippen MR) is 83.3 cm³/mol. The Hall–Kier alpha value is -2.66. The van der Waals surface area contributed by atoms with E-state index in [4.69, 9.17) is 21.1 Å². The molecule has 5 nitrogen and oxygen atoms in total. The smallest absolute Gasteiger partial charge is 0.248 e. The van der Waals surface area contributed by atoms with Crippen LogP contribution in [-0.4, -0.2) is 17.8 Å². The molecular weight excluding hydrogens is 306 g/mol. The normalized spacial score (nSPS) is 12.6. The predicted octanol–water partition coefficient (Wildman–Crippen LogP) is 3.43. The standard InChI is InChI=1S/C16H12ClNO4/c17-13-6-10(7-14-16(13)22-9-21-14)4-5-15(20)18-11-2-1-3-12(19)8-11/h1-8,19H,9H2,(H,18,20)/b5-4+. The van der Waals surface area contributed by atoms with E-state index >= 15 is 0 Å². The third kappa shape index (κ3) is 3.15. The van der Waals surface area contributed by atoms with Gasteiger partial charge in [-0.1, -0.05) is 17.7 Å². The van der Waals surface area contributed by atoms with Crippen molar-refractivity contribution in [2.75, 3.05) is 12.1 Å². The number of hydrogen-bond donors (Lipinski definition) is 2. The number of carbonyl (C=O) groups excluding carboxylic acids is 1. The molecule has 22 heavy (non-hydrogen) atoms. The molecule has 1 amide bonds. The Morgan fingerprint density at radius 3 is 2.95 bits per heavy atom. The summed E-state index contributed by atoms with van der Waals surface area (Å²) < 4.78 is 10.5. The molecule has 0 saturated carbocycles. The number of anilines is 1. The number of ether oxygens (including phenoxy) is 2. The van der Waals surface area contributed by atoms with Crippen LogP contribution in [0.25, 0.3) is 6.08 Å². The maximum Gasteiger partial charge on any atom is 0.248 e. The number of carbonyl (C=O) groups is 1. The van der Waals surface area contributed by atoms with Crippen LogP contribution >= 0.6 is 11.6 Å². The van der Waals surface area contributed by atoms with Gasteiger partial charge < -0.3 is 19.9 Å². The third-order valence-electron chi connectivity index (χ3n) is 2.99. The summed E-state index contributed by atoms with van der Waals surface area (Å²) in [5, 5.41) is 12.4. The van der Waals surface area contributed by atoms with Crippen molar-refractivity contribution in [3.8, 4) is 17.2 Å². The molecule has 2 aromatic rings. The van der Waals surface area contributed by atoms with Crippen molar-refractivity contribution in [1.82, 2.24) is 0 Å². The topological polar surface area (TPSA) is 67.8 Å². The van der Waals surface area contributed by atoms with Crippen molar-refractivity contribution in [2.24, 2.45) is 0 Å². The zero-order valence-electron chi connectivity index (χ0n) is 11.4. The van der Waals surface area contributed by atoms with Crippen molar-refractivity contribution < 1.29 is 19.4 Å². The van der Waals surface area contributed by atoms with E-state index < -0.39 is 0 Å². The van der Waals surface area contributed by atoms with E-state index in [0.717, 1.165) is 5.56 Å². The lowest BCUT2D eigenvalue weighted by Crippen LogP contribution is -2.07. The molecule has 0 atom stereocenters. The van der Waals surface area contributed by atoms with Crippen LogP contribution in [0.2, 0.25) is 5.02 Å². The van der Waals surface area contributed by atoms with Crippen LogP contribution in [-0.2, 0) is 4.79 Å². The number of nitrogens with one attached hydrogen (secondary N) is 1. The minimum Gasteiger partial charge on any atom is -0.508 e. The maximum absolute atomic E-state index is 11.8. The quantitative estimate of drug-likeness (QED) is 0.851. The molecule has 2 aromatic carbocycles. The Morgan fingerprint density at radius 1 is 1.27 bits per heavy atom. The summed E-state index contributed by atoms with van der Waals surface area (Å²) in [4.78, 5) is 11.8. The molecule has 0 aliphatic carbocycles. The van der Waals surface area contributed by atoms with E-state index in [1.165, 1.54) is 18.2 Å². The first-order valence-corrected chi connectivity index (χ1v) is 6.87. The summed E-state index contributed by atoms with van der Waals surface area (Å²) in [6.45, 7) is 0.139. The monoisotopic (exact) mass is 317 g/mol. The summed E-state index contributed by atoms with van der Waals surface area (Å²) >= 11 is 6.07. The first-order chi connectivity index (χ1) is 10.6. The van der Waals surface area contributed by atoms with Gasteiger partial charge in [0.05, 0.1) is 5.02 Å². The number of fused-ring (bicyclic) bond motifs is 1. The summed E-state index contributed by atoms with van der Waals surface area (Å²) in [6, 6.07) is 9.75. The van der Waals surface area contributed by atoms with Crippen LogP contribution in [0, 0.1) is 0 Å². The largest absolute Gasteiger partial charge is 0.508 e. The molecule has 0 spiro atoms. The van der Waals surface area contributed by atoms with Gasteiger partial charge in [-0.25, -0.2) is 0 Å². The molecule has 1 heterocycles. The number of phenolic OH excluding ortho intramolecular Hbond substituents is 1. The van der Waals surface area contributed by atoms with E-state index in [2.05, 4.69) is 5.32 Å². The van der Waals surface area contributed by atoms with Gasteiger partial charge in [-0.3, -0.25) is 4.79 Å². The lowest BCUT2D eigenvalue weighted by Gasteiger charge is -2.03. The highest BCUT2D eigenvalue weighted by atomic mass is 35.5. The van der Waals surface area contributed by atoms with Crippen molar-refractivity contribution in [3.63, 3.8) is 0 Å². The number of rotatable bonds is 3. The molecule has 0 aromatic heterocycles. The van der Waals surface area contributed by atoms with Gasteiger partial charge in [0.15, 0.2) is 11.5 Å². The lowest BCUT2D eigenvalue weighted by molar-refractivity contribution is -0.111. The highest BCUT2D eigenvalue weighted by Gasteiger charge is 2.17. The molecule has 0 saturated heterocycles. The van der Waals surface area contributed by atoms with Crippen LogP contribution in [0.5, 0.6) is 17.2 Å². The number of hydrogen-bond acceptors (Lipinski definition) is 4. The van der Waals surface area contributed by atoms with Gasteiger partial charge >= 0.3 is 0 Å². The zero-order chi connectivity index (χ0) is 15.5. The van der Waals surface area contributed by atoms with Crippen LogP contribution in [0.1, 0.15) is 5.56 Å². The second-order valence-corrected chi connectivity index (χ2v) is 5.02. The Balaban J connectivity index is 1.71. The molecule has 1 aliphatic heterocycles. The van der Waals surface area contributed by atoms with Gasteiger partial charge in [0.25, 0.3) is 0 Å². The number of aromatic hydroxyl groups is 1. The molecule has 112 valence electrons. The number of halogens is 1. The third-order valence-corrected chi connectivity index (χ3v) is 3.27. The van der Waals surface area contributed by atoms with Crippen LogP contribution < -0.4 is 14.8 Å². The molecule has 0 radical (unpaired) electrons. The number of amides is 1. The fraction of sp³-hybridized carbons (Fsp3) is 0.0625. The van der Waals surface area contributed by atoms with Gasteiger partial charge in [0.1, 0.15) is 5.75 Å². The first kappa shape index (κ1) is 14.3. The molecular formula is C16H12ClNO4. The Morgan fingerprint density at radius 2 is 2.14 bits per heavy atom. The molecule has 2 N–H and O–H groups in total. The van der Waals surface area contributed by atoms with E-state index in [1.807, 2.05) is 0 Å². The zero-order valence-corrected chi connectivity index (χ0v) is 12.1. The first-order valence-electron chi connectivity index (χ1n) is 6.49. The fourth-order valence-electron chi connectivity index (χ4n) is 2.02. The van der Waals surface area contributed by atoms with Crippen LogP contribution in [0.4, 0.5) is 5.69 Å². The Bertz CT molecular complexity index is 758. The molecule has 6 heteroatoms. The van der Waals surface area contributed by atoms with Gasteiger partial charge in [-0.2, -0.15) is 0 Å². The minimum atomic E-state index is -0.320. The molecule has 0 bridgehead atoms. The summed E-state index contributed by atoms with van der Waals surface area (Å²) in [6.07, 6.45) is 2.99. The number of phenols is 1. The van der Waals surface area contributed by atoms with Crippen molar-refractivity contribution in [2.45, 2.75) is 0 Å². The van der Waals surface area contributed by atoms with Gasteiger partial charge in [0.2, 0.25) is 12.7 Å². The maximum atomic E-state index is 11.8. The SMILES string of the molecule is O=C(/C=C/c1cc(Cl)c2c(c1)OCO2)Nc1cccc(O)c1. The minimum absolute atomic E-state index is 0.0873. The second kappa shape index (κ2) is 5.99. The molecule has 0 fully saturated rings. The molecule has 3 rings (SSSR count). The number of benzene rings is 2. The van der Waals surface area contributed by atoms with E-state index in [0.29, 0.717) is 22.2 Å². The van der Waals surface area contributed by atoms with Crippen LogP contribution in [0.15, 0.2) is 42.5 Å². The average Bonchev–Trinajstić information content (AvgIpc) is 2.94. The highest BCUT2D eigenvalue weighted by Crippen LogP contribution is 2.40. The van der Waals surface area contributed by atoms with Crippen molar-refractivity contribution >= 4 is 29.3 Å². The van der Waals surface area contributed by atoms with Crippen molar-refractivity contribution in [3.05, 3.63) is 53.1 Å². The Labute approximate surface area is 131 Å². The highest BCUT2D eigenvalue weighted by molar-refractivity contribution is 6.32. The van der Waals surface area contributed by atoms with Gasteiger partial charge in [-0.15, -0.1) is 0 Å². The fourth-order valence-corrected chi connectivity index (χ4v) is 2.30. The van der Waals surface area contributed by atoms with Crippen molar-refractivity contribution in [1.29, 1.82) is 0 Å². The van der Waals surface area contributed by atoms with Gasteiger partial charge in [0, 0.05) is 17.8 Å². The summed E-state index contributed by atoms with van der Waals surface area (Å²) in [5.74, 6) is 0.840. The van der Waals surface area contributed by atoms with Crippen LogP contribution in [0.3, 0.4) is 0 Å². The Kier molecular flexibility index (Phi) is 3.89. The van der Waals surface area contributed by atoms with E-state index in [-0.39, 0.29) is 18.4 Å². The second-order valence-electron chi connectivity index (χ2n) is 4.61. The van der Waals surface area contributed by atoms with E-state index in [1.54, 1.807) is 30.3 Å². The lowest BCUT2D eigenvalue weighted by atomic mass is 10.2.